The summed E-state index contributed by atoms with van der Waals surface area (Å²) in [5.74, 6) is 1.29. The van der Waals surface area contributed by atoms with Crippen LogP contribution in [-0.4, -0.2) is 47.8 Å². The van der Waals surface area contributed by atoms with Crippen molar-refractivity contribution in [2.24, 2.45) is 10.4 Å². The minimum absolute atomic E-state index is 0. The second-order valence-corrected chi connectivity index (χ2v) is 8.24. The predicted octanol–water partition coefficient (Wildman–Crippen LogP) is 3.62. The number of aliphatic imine (C=N–C) groups is 1. The van der Waals surface area contributed by atoms with Crippen molar-refractivity contribution >= 4 is 35.8 Å². The molecule has 1 aromatic rings. The highest BCUT2D eigenvalue weighted by Gasteiger charge is 2.30. The number of guanidine groups is 1. The summed E-state index contributed by atoms with van der Waals surface area (Å²) in [6, 6.07) is 8.49. The first-order valence-electron chi connectivity index (χ1n) is 9.86. The lowest BCUT2D eigenvalue weighted by Crippen LogP contribution is -2.40. The zero-order valence-electron chi connectivity index (χ0n) is 16.8. The number of likely N-dealkylation sites (tertiary alicyclic amines) is 2. The molecule has 2 aliphatic heterocycles. The Bertz CT molecular complexity index is 674. The minimum atomic E-state index is 0. The van der Waals surface area contributed by atoms with E-state index in [4.69, 9.17) is 4.99 Å². The van der Waals surface area contributed by atoms with Crippen molar-refractivity contribution in [2.75, 3.05) is 26.2 Å². The molecule has 0 aliphatic carbocycles. The average molecular weight is 484 g/mol. The molecule has 2 aliphatic rings. The molecule has 0 unspecified atom stereocenters. The van der Waals surface area contributed by atoms with Gasteiger partial charge in [-0.3, -0.25) is 4.79 Å². The fraction of sp³-hybridized carbons (Fsp3) is 0.619. The van der Waals surface area contributed by atoms with Crippen LogP contribution in [0.15, 0.2) is 29.3 Å². The summed E-state index contributed by atoms with van der Waals surface area (Å²) in [6.07, 6.45) is 2.89. The molecule has 27 heavy (non-hydrogen) atoms. The van der Waals surface area contributed by atoms with E-state index < -0.39 is 0 Å². The third-order valence-electron chi connectivity index (χ3n) is 5.26. The van der Waals surface area contributed by atoms with E-state index in [2.05, 4.69) is 55.3 Å². The number of halogens is 1. The largest absolute Gasteiger partial charge is 0.357 e. The molecule has 1 N–H and O–H groups in total. The second-order valence-electron chi connectivity index (χ2n) is 8.24. The Balaban J connectivity index is 0.00000261. The van der Waals surface area contributed by atoms with E-state index in [1.807, 2.05) is 4.90 Å². The van der Waals surface area contributed by atoms with Crippen molar-refractivity contribution in [3.8, 4) is 0 Å². The van der Waals surface area contributed by atoms with Gasteiger partial charge in [-0.05, 0) is 36.3 Å². The summed E-state index contributed by atoms with van der Waals surface area (Å²) >= 11 is 0. The van der Waals surface area contributed by atoms with Gasteiger partial charge < -0.3 is 15.1 Å². The van der Waals surface area contributed by atoms with Crippen LogP contribution in [0.25, 0.3) is 0 Å². The Labute approximate surface area is 180 Å². The van der Waals surface area contributed by atoms with Gasteiger partial charge in [0.15, 0.2) is 5.96 Å². The first-order valence-corrected chi connectivity index (χ1v) is 9.86. The number of carbonyl (C=O) groups is 1. The summed E-state index contributed by atoms with van der Waals surface area (Å²) < 4.78 is 0. The monoisotopic (exact) mass is 484 g/mol. The van der Waals surface area contributed by atoms with Crippen molar-refractivity contribution in [2.45, 2.75) is 53.1 Å². The van der Waals surface area contributed by atoms with Crippen LogP contribution in [0.2, 0.25) is 0 Å². The Morgan fingerprint density at radius 1 is 1.26 bits per heavy atom. The molecule has 1 amide bonds. The van der Waals surface area contributed by atoms with Crippen LogP contribution in [0.4, 0.5) is 0 Å². The number of hydrogen-bond donors (Lipinski definition) is 1. The van der Waals surface area contributed by atoms with Crippen LogP contribution in [0.3, 0.4) is 0 Å². The number of amides is 1. The Morgan fingerprint density at radius 3 is 2.67 bits per heavy atom. The van der Waals surface area contributed by atoms with Crippen LogP contribution < -0.4 is 5.32 Å². The molecular weight excluding hydrogens is 451 g/mol. The maximum atomic E-state index is 11.8. The normalized spacial score (nSPS) is 19.4. The molecule has 2 saturated heterocycles. The van der Waals surface area contributed by atoms with Gasteiger partial charge in [-0.2, -0.15) is 0 Å². The lowest BCUT2D eigenvalue weighted by molar-refractivity contribution is -0.128. The van der Waals surface area contributed by atoms with Gasteiger partial charge in [-0.25, -0.2) is 4.99 Å². The summed E-state index contributed by atoms with van der Waals surface area (Å²) in [5.41, 5.74) is 2.75. The smallest absolute Gasteiger partial charge is 0.222 e. The number of benzene rings is 1. The van der Waals surface area contributed by atoms with E-state index in [9.17, 15) is 4.79 Å². The molecule has 150 valence electrons. The average Bonchev–Trinajstić information content (AvgIpc) is 3.17. The van der Waals surface area contributed by atoms with Crippen LogP contribution in [0, 0.1) is 5.41 Å². The molecule has 2 fully saturated rings. The van der Waals surface area contributed by atoms with E-state index in [1.54, 1.807) is 0 Å². The zero-order chi connectivity index (χ0) is 18.6. The molecule has 0 atom stereocenters. The molecular formula is C21H33IN4O. The maximum absolute atomic E-state index is 11.8. The highest BCUT2D eigenvalue weighted by molar-refractivity contribution is 14.0. The van der Waals surface area contributed by atoms with Crippen molar-refractivity contribution < 1.29 is 4.79 Å². The van der Waals surface area contributed by atoms with E-state index in [1.165, 1.54) is 17.5 Å². The van der Waals surface area contributed by atoms with E-state index in [0.29, 0.717) is 18.4 Å². The highest BCUT2D eigenvalue weighted by Crippen LogP contribution is 2.28. The quantitative estimate of drug-likeness (QED) is 0.395. The summed E-state index contributed by atoms with van der Waals surface area (Å²) in [6.45, 7) is 12.0. The third kappa shape index (κ3) is 6.09. The molecule has 2 heterocycles. The number of carbonyl (C=O) groups excluding carboxylic acids is 1. The molecule has 0 aromatic heterocycles. The maximum Gasteiger partial charge on any atom is 0.222 e. The van der Waals surface area contributed by atoms with Crippen LogP contribution in [0.1, 0.15) is 51.2 Å². The highest BCUT2D eigenvalue weighted by atomic mass is 127. The van der Waals surface area contributed by atoms with Gasteiger partial charge in [0.2, 0.25) is 5.91 Å². The second kappa shape index (κ2) is 9.75. The summed E-state index contributed by atoms with van der Waals surface area (Å²) in [5, 5.41) is 3.43. The fourth-order valence-corrected chi connectivity index (χ4v) is 3.80. The van der Waals surface area contributed by atoms with Crippen LogP contribution >= 0.6 is 24.0 Å². The van der Waals surface area contributed by atoms with E-state index in [-0.39, 0.29) is 29.9 Å². The van der Waals surface area contributed by atoms with Gasteiger partial charge in [-0.1, -0.05) is 38.1 Å². The number of hydrogen-bond acceptors (Lipinski definition) is 2. The number of nitrogens with zero attached hydrogens (tertiary/aromatic N) is 3. The van der Waals surface area contributed by atoms with Crippen molar-refractivity contribution in [1.82, 2.24) is 15.1 Å². The van der Waals surface area contributed by atoms with Crippen LogP contribution in [0.5, 0.6) is 0 Å². The van der Waals surface area contributed by atoms with Gasteiger partial charge in [0, 0.05) is 39.1 Å². The Morgan fingerprint density at radius 2 is 2.04 bits per heavy atom. The molecule has 1 aromatic carbocycles. The summed E-state index contributed by atoms with van der Waals surface area (Å²) in [7, 11) is 0. The summed E-state index contributed by atoms with van der Waals surface area (Å²) in [4.78, 5) is 21.0. The number of nitrogens with one attached hydrogen (secondary N) is 1. The molecule has 0 radical (unpaired) electrons. The lowest BCUT2D eigenvalue weighted by Gasteiger charge is -2.23. The zero-order valence-corrected chi connectivity index (χ0v) is 19.2. The first-order chi connectivity index (χ1) is 12.5. The Kier molecular flexibility index (Phi) is 7.94. The van der Waals surface area contributed by atoms with E-state index >= 15 is 0 Å². The van der Waals surface area contributed by atoms with E-state index in [0.717, 1.165) is 45.1 Å². The SMILES string of the molecule is CCNC(=NCc1cccc(CN2CCCC2=O)c1)N1CCC(C)(C)C1.I. The number of rotatable bonds is 5. The van der Waals surface area contributed by atoms with Crippen molar-refractivity contribution in [3.63, 3.8) is 0 Å². The first kappa shape index (κ1) is 22.0. The Hall–Kier alpha value is -1.31. The molecule has 3 rings (SSSR count). The fourth-order valence-electron chi connectivity index (χ4n) is 3.80. The standard InChI is InChI=1S/C21H32N4O.HI/c1-4-22-20(25-12-10-21(2,3)16-25)23-14-17-7-5-8-18(13-17)15-24-11-6-9-19(24)26;/h5,7-8,13H,4,6,9-12,14-16H2,1-3H3,(H,22,23);1H. The molecule has 6 heteroatoms. The van der Waals surface area contributed by atoms with Gasteiger partial charge in [0.25, 0.3) is 0 Å². The molecule has 0 spiro atoms. The van der Waals surface area contributed by atoms with Crippen molar-refractivity contribution in [1.29, 1.82) is 0 Å². The van der Waals surface area contributed by atoms with Gasteiger partial charge in [0.05, 0.1) is 6.54 Å². The lowest BCUT2D eigenvalue weighted by atomic mass is 9.93. The van der Waals surface area contributed by atoms with Crippen molar-refractivity contribution in [3.05, 3.63) is 35.4 Å². The van der Waals surface area contributed by atoms with Crippen LogP contribution in [-0.2, 0) is 17.9 Å². The minimum Gasteiger partial charge on any atom is -0.357 e. The molecule has 0 saturated carbocycles. The van der Waals surface area contributed by atoms with Gasteiger partial charge >= 0.3 is 0 Å². The van der Waals surface area contributed by atoms with Gasteiger partial charge in [-0.15, -0.1) is 24.0 Å². The molecule has 5 nitrogen and oxygen atoms in total. The predicted molar refractivity (Wildman–Crippen MR) is 121 cm³/mol. The molecule has 0 bridgehead atoms. The van der Waals surface area contributed by atoms with Gasteiger partial charge in [0.1, 0.15) is 0 Å². The topological polar surface area (TPSA) is 47.9 Å². The third-order valence-corrected chi connectivity index (χ3v) is 5.26.